The van der Waals surface area contributed by atoms with Gasteiger partial charge in [-0.2, -0.15) is 0 Å². The Labute approximate surface area is 132 Å². The summed E-state index contributed by atoms with van der Waals surface area (Å²) < 4.78 is 5.01. The number of ether oxygens (including phenoxy) is 1. The Hall–Kier alpha value is -3.03. The molecule has 0 atom stereocenters. The Morgan fingerprint density at radius 3 is 2.70 bits per heavy atom. The van der Waals surface area contributed by atoms with E-state index < -0.39 is 12.0 Å². The molecule has 3 N–H and O–H groups in total. The van der Waals surface area contributed by atoms with Crippen molar-refractivity contribution < 1.29 is 24.2 Å². The summed E-state index contributed by atoms with van der Waals surface area (Å²) in [5.74, 6) is -0.926. The van der Waals surface area contributed by atoms with Crippen LogP contribution in [0, 0.1) is 0 Å². The molecule has 0 unspecified atom stereocenters. The number of benzene rings is 1. The molecule has 1 saturated heterocycles. The number of likely N-dealkylation sites (tertiary alicyclic amines) is 1. The topological polar surface area (TPSA) is 108 Å². The van der Waals surface area contributed by atoms with Crippen molar-refractivity contribution in [3.8, 4) is 5.75 Å². The predicted molar refractivity (Wildman–Crippen MR) is 82.2 cm³/mol. The van der Waals surface area contributed by atoms with E-state index >= 15 is 0 Å². The van der Waals surface area contributed by atoms with E-state index in [1.165, 1.54) is 30.1 Å². The molecule has 1 aromatic carbocycles. The smallest absolute Gasteiger partial charge is 0.407 e. The van der Waals surface area contributed by atoms with Gasteiger partial charge in [0, 0.05) is 12.6 Å². The minimum Gasteiger partial charge on any atom is -0.506 e. The van der Waals surface area contributed by atoms with Gasteiger partial charge in [0.1, 0.15) is 11.9 Å². The summed E-state index contributed by atoms with van der Waals surface area (Å²) >= 11 is 0. The standard InChI is InChI=1S/C15H17N3O5/c1-3-13(20)17-11-6-9(4-5-12(11)19)14(21)18-7-10(8-18)23-15(22)16-2/h3-6,10,19H,1,7-8H2,2H3,(H,16,22)(H,17,20). The van der Waals surface area contributed by atoms with E-state index in [4.69, 9.17) is 4.74 Å². The van der Waals surface area contributed by atoms with Gasteiger partial charge in [-0.05, 0) is 24.3 Å². The second-order valence-electron chi connectivity index (χ2n) is 4.91. The summed E-state index contributed by atoms with van der Waals surface area (Å²) in [5, 5.41) is 14.5. The van der Waals surface area contributed by atoms with Crippen LogP contribution in [0.3, 0.4) is 0 Å². The molecule has 0 saturated carbocycles. The van der Waals surface area contributed by atoms with Crippen LogP contribution in [0.2, 0.25) is 0 Å². The van der Waals surface area contributed by atoms with Gasteiger partial charge < -0.3 is 25.4 Å². The monoisotopic (exact) mass is 319 g/mol. The fourth-order valence-electron chi connectivity index (χ4n) is 2.02. The first-order valence-electron chi connectivity index (χ1n) is 6.88. The first kappa shape index (κ1) is 16.3. The highest BCUT2D eigenvalue weighted by atomic mass is 16.6. The molecule has 0 radical (unpaired) electrons. The molecule has 23 heavy (non-hydrogen) atoms. The molecular weight excluding hydrogens is 302 g/mol. The van der Waals surface area contributed by atoms with Crippen molar-refractivity contribution in [2.45, 2.75) is 6.10 Å². The number of hydrogen-bond acceptors (Lipinski definition) is 5. The van der Waals surface area contributed by atoms with Gasteiger partial charge in [0.15, 0.2) is 0 Å². The minimum atomic E-state index is -0.541. The SMILES string of the molecule is C=CC(=O)Nc1cc(C(=O)N2CC(OC(=O)NC)C2)ccc1O. The van der Waals surface area contributed by atoms with Crippen LogP contribution in [0.25, 0.3) is 0 Å². The van der Waals surface area contributed by atoms with E-state index in [0.29, 0.717) is 18.7 Å². The maximum absolute atomic E-state index is 12.3. The van der Waals surface area contributed by atoms with Gasteiger partial charge in [0.25, 0.3) is 5.91 Å². The second kappa shape index (κ2) is 6.82. The molecule has 8 heteroatoms. The normalized spacial score (nSPS) is 13.7. The van der Waals surface area contributed by atoms with E-state index in [0.717, 1.165) is 6.08 Å². The number of anilines is 1. The third-order valence-electron chi connectivity index (χ3n) is 3.30. The molecule has 122 valence electrons. The van der Waals surface area contributed by atoms with Gasteiger partial charge in [-0.15, -0.1) is 0 Å². The third kappa shape index (κ3) is 3.79. The van der Waals surface area contributed by atoms with Crippen LogP contribution in [0.4, 0.5) is 10.5 Å². The highest BCUT2D eigenvalue weighted by Crippen LogP contribution is 2.26. The molecule has 0 spiro atoms. The van der Waals surface area contributed by atoms with Crippen molar-refractivity contribution in [1.82, 2.24) is 10.2 Å². The summed E-state index contributed by atoms with van der Waals surface area (Å²) in [6, 6.07) is 4.16. The van der Waals surface area contributed by atoms with E-state index in [2.05, 4.69) is 17.2 Å². The summed E-state index contributed by atoms with van der Waals surface area (Å²) in [5.41, 5.74) is 0.431. The van der Waals surface area contributed by atoms with Crippen molar-refractivity contribution in [3.63, 3.8) is 0 Å². The zero-order chi connectivity index (χ0) is 17.0. The van der Waals surface area contributed by atoms with Crippen LogP contribution < -0.4 is 10.6 Å². The number of carbonyl (C=O) groups excluding carboxylic acids is 3. The van der Waals surface area contributed by atoms with Gasteiger partial charge >= 0.3 is 6.09 Å². The van der Waals surface area contributed by atoms with Gasteiger partial charge in [0.2, 0.25) is 5.91 Å². The molecule has 0 aromatic heterocycles. The number of aromatic hydroxyl groups is 1. The van der Waals surface area contributed by atoms with Crippen molar-refractivity contribution >= 4 is 23.6 Å². The molecule has 0 aliphatic carbocycles. The lowest BCUT2D eigenvalue weighted by Crippen LogP contribution is -2.55. The highest BCUT2D eigenvalue weighted by molar-refractivity contribution is 6.02. The fourth-order valence-corrected chi connectivity index (χ4v) is 2.02. The number of nitrogens with one attached hydrogen (secondary N) is 2. The number of rotatable bonds is 4. The van der Waals surface area contributed by atoms with Crippen molar-refractivity contribution in [2.75, 3.05) is 25.5 Å². The average molecular weight is 319 g/mol. The molecule has 1 aliphatic heterocycles. The maximum atomic E-state index is 12.3. The van der Waals surface area contributed by atoms with Gasteiger partial charge in [-0.25, -0.2) is 4.79 Å². The second-order valence-corrected chi connectivity index (χ2v) is 4.91. The molecule has 1 aliphatic rings. The van der Waals surface area contributed by atoms with E-state index in [1.54, 1.807) is 0 Å². The molecule has 1 aromatic rings. The van der Waals surface area contributed by atoms with E-state index in [1.807, 2.05) is 0 Å². The zero-order valence-corrected chi connectivity index (χ0v) is 12.5. The van der Waals surface area contributed by atoms with Crippen LogP contribution in [0.1, 0.15) is 10.4 Å². The quantitative estimate of drug-likeness (QED) is 0.559. The summed E-state index contributed by atoms with van der Waals surface area (Å²) in [4.78, 5) is 36.2. The molecular formula is C15H17N3O5. The first-order chi connectivity index (χ1) is 10.9. The van der Waals surface area contributed by atoms with Crippen molar-refractivity contribution in [3.05, 3.63) is 36.4 Å². The van der Waals surface area contributed by atoms with E-state index in [-0.39, 0.29) is 23.4 Å². The number of amides is 3. The van der Waals surface area contributed by atoms with Crippen molar-refractivity contribution in [2.24, 2.45) is 0 Å². The van der Waals surface area contributed by atoms with Crippen LogP contribution in [-0.2, 0) is 9.53 Å². The Morgan fingerprint density at radius 1 is 1.39 bits per heavy atom. The predicted octanol–water partition coefficient (Wildman–Crippen LogP) is 0.697. The average Bonchev–Trinajstić information content (AvgIpc) is 2.51. The number of nitrogens with zero attached hydrogens (tertiary/aromatic N) is 1. The number of alkyl carbamates (subject to hydrolysis) is 1. The lowest BCUT2D eigenvalue weighted by Gasteiger charge is -2.38. The number of phenols is 1. The van der Waals surface area contributed by atoms with Gasteiger partial charge in [-0.1, -0.05) is 6.58 Å². The molecule has 8 nitrogen and oxygen atoms in total. The Kier molecular flexibility index (Phi) is 4.85. The van der Waals surface area contributed by atoms with Crippen LogP contribution in [-0.4, -0.2) is 54.2 Å². The third-order valence-corrected chi connectivity index (χ3v) is 3.30. The van der Waals surface area contributed by atoms with Crippen LogP contribution in [0.5, 0.6) is 5.75 Å². The molecule has 1 fully saturated rings. The molecule has 0 bridgehead atoms. The Morgan fingerprint density at radius 2 is 2.09 bits per heavy atom. The number of carbonyl (C=O) groups is 3. The summed E-state index contributed by atoms with van der Waals surface area (Å²) in [6.07, 6.45) is 0.182. The van der Waals surface area contributed by atoms with E-state index in [9.17, 15) is 19.5 Å². The number of phenolic OH excluding ortho intramolecular Hbond substituents is 1. The van der Waals surface area contributed by atoms with Crippen molar-refractivity contribution in [1.29, 1.82) is 0 Å². The number of hydrogen-bond donors (Lipinski definition) is 3. The van der Waals surface area contributed by atoms with Gasteiger partial charge in [0.05, 0.1) is 18.8 Å². The van der Waals surface area contributed by atoms with Crippen LogP contribution >= 0.6 is 0 Å². The summed E-state index contributed by atoms with van der Waals surface area (Å²) in [7, 11) is 1.46. The zero-order valence-electron chi connectivity index (χ0n) is 12.5. The minimum absolute atomic E-state index is 0.124. The maximum Gasteiger partial charge on any atom is 0.407 e. The lowest BCUT2D eigenvalue weighted by atomic mass is 10.1. The Balaban J connectivity index is 2.01. The molecule has 2 rings (SSSR count). The van der Waals surface area contributed by atoms with Crippen LogP contribution in [0.15, 0.2) is 30.9 Å². The highest BCUT2D eigenvalue weighted by Gasteiger charge is 2.34. The molecule has 3 amide bonds. The summed E-state index contributed by atoms with van der Waals surface area (Å²) in [6.45, 7) is 3.90. The fraction of sp³-hybridized carbons (Fsp3) is 0.267. The Bertz CT molecular complexity index is 653. The molecule has 1 heterocycles. The largest absolute Gasteiger partial charge is 0.506 e. The van der Waals surface area contributed by atoms with Gasteiger partial charge in [-0.3, -0.25) is 9.59 Å². The first-order valence-corrected chi connectivity index (χ1v) is 6.88. The lowest BCUT2D eigenvalue weighted by molar-refractivity contribution is -0.111.